The molecule has 0 bridgehead atoms. The zero-order valence-corrected chi connectivity index (χ0v) is 22.7. The molecule has 0 amide bonds. The Bertz CT molecular complexity index is 349. The van der Waals surface area contributed by atoms with Crippen LogP contribution in [0.15, 0.2) is 23.3 Å². The molecule has 0 aliphatic carbocycles. The Kier molecular flexibility index (Phi) is 23.6. The van der Waals surface area contributed by atoms with Gasteiger partial charge < -0.3 is 24.5 Å². The van der Waals surface area contributed by atoms with Crippen molar-refractivity contribution in [3.8, 4) is 0 Å². The van der Waals surface area contributed by atoms with Crippen molar-refractivity contribution >= 4 is 15.9 Å². The summed E-state index contributed by atoms with van der Waals surface area (Å²) in [5.41, 5.74) is 2.18. The topological polar surface area (TPSA) is 136 Å². The van der Waals surface area contributed by atoms with Gasteiger partial charge in [0.25, 0.3) is 0 Å². The number of hydrogen-bond donors (Lipinski definition) is 1. The first-order chi connectivity index (χ1) is 8.94. The van der Waals surface area contributed by atoms with Crippen LogP contribution in [0.3, 0.4) is 0 Å². The molecule has 6 nitrogen and oxygen atoms in total. The molecule has 0 fully saturated rings. The van der Waals surface area contributed by atoms with Crippen molar-refractivity contribution < 1.29 is 118 Å². The molecule has 0 aromatic rings. The summed E-state index contributed by atoms with van der Waals surface area (Å²) in [6.07, 6.45) is 5.07. The van der Waals surface area contributed by atoms with Crippen LogP contribution in [0, 0.1) is 0 Å². The Morgan fingerprint density at radius 3 is 1.74 bits per heavy atom. The smallest absolute Gasteiger partial charge is 0.685 e. The second kappa shape index (κ2) is 16.1. The van der Waals surface area contributed by atoms with Crippen molar-refractivity contribution in [2.24, 2.45) is 0 Å². The average molecular weight is 392 g/mol. The summed E-state index contributed by atoms with van der Waals surface area (Å²) in [6.45, 7) is 5.81. The Morgan fingerprint density at radius 1 is 0.913 bits per heavy atom. The SMILES string of the molecule is CC(C)=CCC/C(C)=C/CCC([P+]([O-])([O-])[O-])[P+]([O-])([O-])O.[Na+].[Na+].[Na+]. The van der Waals surface area contributed by atoms with Crippen LogP contribution in [0.5, 0.6) is 0 Å². The third kappa shape index (κ3) is 18.2. The van der Waals surface area contributed by atoms with Crippen molar-refractivity contribution in [3.63, 3.8) is 0 Å². The van der Waals surface area contributed by atoms with E-state index in [0.29, 0.717) is 0 Å². The first kappa shape index (κ1) is 33.7. The second-order valence-electron chi connectivity index (χ2n) is 5.03. The van der Waals surface area contributed by atoms with Gasteiger partial charge in [-0.3, -0.25) is 4.89 Å². The van der Waals surface area contributed by atoms with Crippen LogP contribution in [0.2, 0.25) is 0 Å². The van der Waals surface area contributed by atoms with E-state index >= 15 is 0 Å². The van der Waals surface area contributed by atoms with Crippen LogP contribution < -0.4 is 113 Å². The monoisotopic (exact) mass is 392 g/mol. The minimum atomic E-state index is -5.36. The van der Waals surface area contributed by atoms with Gasteiger partial charge in [-0.15, -0.1) is 7.94 Å². The molecule has 11 heteroatoms. The molecule has 0 heterocycles. The van der Waals surface area contributed by atoms with E-state index in [4.69, 9.17) is 4.89 Å². The van der Waals surface area contributed by atoms with Crippen molar-refractivity contribution in [2.45, 2.75) is 51.9 Å². The fourth-order valence-electron chi connectivity index (χ4n) is 1.67. The predicted molar refractivity (Wildman–Crippen MR) is 71.5 cm³/mol. The van der Waals surface area contributed by atoms with Gasteiger partial charge >= 0.3 is 88.7 Å². The number of allylic oxidation sites excluding steroid dienone is 4. The minimum absolute atomic E-state index is 0. The van der Waals surface area contributed by atoms with E-state index in [-0.39, 0.29) is 95.1 Å². The molecule has 0 aromatic heterocycles. The summed E-state index contributed by atoms with van der Waals surface area (Å²) in [6, 6.07) is 0. The molecule has 0 aromatic carbocycles. The molecule has 23 heavy (non-hydrogen) atoms. The van der Waals surface area contributed by atoms with Gasteiger partial charge in [-0.05, 0) is 40.0 Å². The van der Waals surface area contributed by atoms with Gasteiger partial charge in [-0.2, -0.15) is 0 Å². The molecule has 1 unspecified atom stereocenters. The van der Waals surface area contributed by atoms with Crippen molar-refractivity contribution in [3.05, 3.63) is 23.3 Å². The van der Waals surface area contributed by atoms with Crippen LogP contribution >= 0.6 is 15.9 Å². The van der Waals surface area contributed by atoms with Gasteiger partial charge in [0.05, 0.1) is 7.94 Å². The maximum atomic E-state index is 10.9. The third-order valence-electron chi connectivity index (χ3n) is 2.75. The van der Waals surface area contributed by atoms with E-state index in [1.807, 2.05) is 20.8 Å². The zero-order chi connectivity index (χ0) is 16.0. The van der Waals surface area contributed by atoms with Gasteiger partial charge in [0.15, 0.2) is 5.40 Å². The normalized spacial score (nSPS) is 13.2. The van der Waals surface area contributed by atoms with Crippen LogP contribution in [0.1, 0.15) is 46.5 Å². The summed E-state index contributed by atoms with van der Waals surface area (Å²) >= 11 is 0. The second-order valence-corrected chi connectivity index (χ2v) is 8.89. The van der Waals surface area contributed by atoms with Crippen LogP contribution in [0.25, 0.3) is 0 Å². The summed E-state index contributed by atoms with van der Waals surface area (Å²) in [4.78, 5) is 63.0. The molecule has 118 valence electrons. The van der Waals surface area contributed by atoms with Crippen molar-refractivity contribution in [1.82, 2.24) is 0 Å². The average Bonchev–Trinajstić information content (AvgIpc) is 2.20. The van der Waals surface area contributed by atoms with Gasteiger partial charge in [0.2, 0.25) is 0 Å². The Hall–Kier alpha value is 3.10. The Balaban J connectivity index is -0.000000602. The molecule has 0 spiro atoms. The van der Waals surface area contributed by atoms with Crippen LogP contribution in [-0.2, 0) is 0 Å². The molecule has 0 aliphatic heterocycles. The molecular formula is C12H21Na3O6P2. The van der Waals surface area contributed by atoms with E-state index in [2.05, 4.69) is 6.08 Å². The fraction of sp³-hybridized carbons (Fsp3) is 0.667. The van der Waals surface area contributed by atoms with E-state index in [1.165, 1.54) is 5.57 Å². The molecule has 0 saturated heterocycles. The van der Waals surface area contributed by atoms with Crippen molar-refractivity contribution in [1.29, 1.82) is 0 Å². The van der Waals surface area contributed by atoms with Crippen LogP contribution in [0.4, 0.5) is 0 Å². The number of hydrogen-bond acceptors (Lipinski definition) is 6. The van der Waals surface area contributed by atoms with Gasteiger partial charge in [0.1, 0.15) is 0 Å². The fourth-order valence-corrected chi connectivity index (χ4v) is 4.04. The number of rotatable bonds is 8. The zero-order valence-electron chi connectivity index (χ0n) is 14.9. The van der Waals surface area contributed by atoms with E-state index in [9.17, 15) is 24.5 Å². The molecule has 0 radical (unpaired) electrons. The summed E-state index contributed by atoms with van der Waals surface area (Å²) in [7, 11) is -10.5. The molecule has 1 N–H and O–H groups in total. The van der Waals surface area contributed by atoms with E-state index < -0.39 is 27.7 Å². The molecule has 0 saturated carbocycles. The maximum absolute atomic E-state index is 10.9. The molecule has 1 atom stereocenters. The minimum Gasteiger partial charge on any atom is -0.685 e. The van der Waals surface area contributed by atoms with Crippen LogP contribution in [-0.4, -0.2) is 10.3 Å². The van der Waals surface area contributed by atoms with Gasteiger partial charge in [-0.1, -0.05) is 23.3 Å². The van der Waals surface area contributed by atoms with Crippen molar-refractivity contribution in [2.75, 3.05) is 0 Å². The summed E-state index contributed by atoms with van der Waals surface area (Å²) < 4.78 is 0. The largest absolute Gasteiger partial charge is 1.00 e. The van der Waals surface area contributed by atoms with E-state index in [0.717, 1.165) is 18.4 Å². The van der Waals surface area contributed by atoms with Gasteiger partial charge in [0, 0.05) is 6.42 Å². The predicted octanol–water partition coefficient (Wildman–Crippen LogP) is -9.88. The Labute approximate surface area is 206 Å². The molecular weight excluding hydrogens is 371 g/mol. The summed E-state index contributed by atoms with van der Waals surface area (Å²) in [5, 5.41) is -2.24. The standard InChI is InChI=1S/C12H24O6P2.3Na/c1-10(2)6-4-7-11(3)8-5-9-12(19(13,14)15)20(16,17)18;;;/h6,8,12H,4-5,7,9H2,1-3H3,(H2,13,14,15)(H2,16,17,18);;;/q;3*+1/p-3/b11-8+;;;. The van der Waals surface area contributed by atoms with Gasteiger partial charge in [-0.25, -0.2) is 0 Å². The summed E-state index contributed by atoms with van der Waals surface area (Å²) in [5.74, 6) is 0. The first-order valence-electron chi connectivity index (χ1n) is 6.28. The Morgan fingerprint density at radius 2 is 1.39 bits per heavy atom. The quantitative estimate of drug-likeness (QED) is 0.248. The first-order valence-corrected chi connectivity index (χ1v) is 9.54. The maximum Gasteiger partial charge on any atom is 1.00 e. The molecule has 0 rings (SSSR count). The third-order valence-corrected chi connectivity index (χ3v) is 6.47. The molecule has 0 aliphatic rings. The van der Waals surface area contributed by atoms with E-state index in [1.54, 1.807) is 6.08 Å².